The van der Waals surface area contributed by atoms with Crippen LogP contribution in [-0.4, -0.2) is 61.7 Å². The number of halogens is 1. The summed E-state index contributed by atoms with van der Waals surface area (Å²) in [5, 5.41) is 17.7. The highest BCUT2D eigenvalue weighted by Gasteiger charge is 2.46. The summed E-state index contributed by atoms with van der Waals surface area (Å²) < 4.78 is 25.7. The molecule has 1 N–H and O–H groups in total. The zero-order valence-corrected chi connectivity index (χ0v) is 18.0. The van der Waals surface area contributed by atoms with Crippen molar-refractivity contribution in [2.75, 3.05) is 39.4 Å². The molecule has 1 unspecified atom stereocenters. The highest BCUT2D eigenvalue weighted by atomic mass is 19.1. The van der Waals surface area contributed by atoms with Crippen molar-refractivity contribution in [1.29, 1.82) is 5.26 Å². The van der Waals surface area contributed by atoms with Gasteiger partial charge in [-0.1, -0.05) is 12.1 Å². The van der Waals surface area contributed by atoms with Crippen LogP contribution in [0.4, 0.5) is 4.39 Å². The van der Waals surface area contributed by atoms with Gasteiger partial charge in [0.1, 0.15) is 12.2 Å². The average molecular weight is 430 g/mol. The molecule has 1 aromatic rings. The zero-order valence-electron chi connectivity index (χ0n) is 18.0. The van der Waals surface area contributed by atoms with E-state index in [1.807, 2.05) is 6.19 Å². The third-order valence-electron chi connectivity index (χ3n) is 6.80. The molecule has 1 atom stereocenters. The van der Waals surface area contributed by atoms with Crippen molar-refractivity contribution < 1.29 is 13.9 Å². The minimum atomic E-state index is -0.734. The normalized spacial score (nSPS) is 25.0. The monoisotopic (exact) mass is 429 g/mol. The summed E-state index contributed by atoms with van der Waals surface area (Å²) in [6.45, 7) is 5.16. The van der Waals surface area contributed by atoms with Gasteiger partial charge in [-0.3, -0.25) is 10.3 Å². The maximum Gasteiger partial charge on any atom is 0.197 e. The topological polar surface area (TPSA) is 73.1 Å². The molecule has 4 rings (SSSR count). The molecule has 3 saturated heterocycles. The molecule has 0 radical (unpaired) electrons. The maximum atomic E-state index is 13.4. The van der Waals surface area contributed by atoms with Crippen molar-refractivity contribution in [1.82, 2.24) is 15.2 Å². The number of hydrogen-bond acceptors (Lipinski definition) is 6. The standard InChI is InChI=1S/C23H32FN5O2/c24-21-6-4-19(5-7-21)23(30-15-16-31-23)20-8-12-28(13-9-20)14-10-22-3-1-2-11-29(22)27-18-26-17-25/h4-7,18,20,22H,1-3,8-16H2,(H,26,27). The Bertz CT molecular complexity index is 767. The predicted octanol–water partition coefficient (Wildman–Crippen LogP) is 3.00. The van der Waals surface area contributed by atoms with Crippen LogP contribution in [-0.2, 0) is 15.3 Å². The fourth-order valence-electron chi connectivity index (χ4n) is 5.18. The van der Waals surface area contributed by atoms with Gasteiger partial charge in [-0.2, -0.15) is 10.4 Å². The minimum Gasteiger partial charge on any atom is -0.343 e. The van der Waals surface area contributed by atoms with Gasteiger partial charge in [-0.05, 0) is 63.7 Å². The van der Waals surface area contributed by atoms with E-state index in [0.29, 0.717) is 19.3 Å². The molecule has 0 spiro atoms. The minimum absolute atomic E-state index is 0.240. The molecule has 0 aromatic heterocycles. The summed E-state index contributed by atoms with van der Waals surface area (Å²) in [5.41, 5.74) is 0.923. The van der Waals surface area contributed by atoms with Crippen LogP contribution in [0, 0.1) is 23.2 Å². The lowest BCUT2D eigenvalue weighted by Gasteiger charge is -2.42. The average Bonchev–Trinajstić information content (AvgIpc) is 3.30. The van der Waals surface area contributed by atoms with E-state index in [1.54, 1.807) is 12.1 Å². The Hall–Kier alpha value is -2.21. The molecule has 31 heavy (non-hydrogen) atoms. The molecule has 0 bridgehead atoms. The van der Waals surface area contributed by atoms with Gasteiger partial charge in [0.25, 0.3) is 0 Å². The van der Waals surface area contributed by atoms with Gasteiger partial charge in [0.15, 0.2) is 12.0 Å². The first-order chi connectivity index (χ1) is 15.2. The van der Waals surface area contributed by atoms with E-state index in [-0.39, 0.29) is 11.7 Å². The van der Waals surface area contributed by atoms with Crippen LogP contribution in [0.25, 0.3) is 0 Å². The van der Waals surface area contributed by atoms with Gasteiger partial charge in [0.05, 0.1) is 13.2 Å². The maximum absolute atomic E-state index is 13.4. The summed E-state index contributed by atoms with van der Waals surface area (Å²) in [6, 6.07) is 7.00. The fourth-order valence-corrected chi connectivity index (χ4v) is 5.18. The van der Waals surface area contributed by atoms with Crippen molar-refractivity contribution in [3.63, 3.8) is 0 Å². The van der Waals surface area contributed by atoms with Crippen LogP contribution in [0.5, 0.6) is 0 Å². The van der Waals surface area contributed by atoms with Crippen LogP contribution in [0.15, 0.2) is 29.4 Å². The summed E-state index contributed by atoms with van der Waals surface area (Å²) in [5.74, 6) is -0.705. The van der Waals surface area contributed by atoms with Gasteiger partial charge in [-0.15, -0.1) is 0 Å². The molecule has 3 fully saturated rings. The predicted molar refractivity (Wildman–Crippen MR) is 115 cm³/mol. The SMILES string of the molecule is N#CN/C=N/N1CCCCC1CCN1CCC(C2(c3ccc(F)cc3)OCCO2)CC1. The van der Waals surface area contributed by atoms with Crippen LogP contribution in [0.1, 0.15) is 44.1 Å². The lowest BCUT2D eigenvalue weighted by atomic mass is 9.84. The third-order valence-corrected chi connectivity index (χ3v) is 6.80. The summed E-state index contributed by atoms with van der Waals surface area (Å²) >= 11 is 0. The van der Waals surface area contributed by atoms with Gasteiger partial charge < -0.3 is 14.4 Å². The van der Waals surface area contributed by atoms with Crippen molar-refractivity contribution in [3.8, 4) is 6.19 Å². The Morgan fingerprint density at radius 3 is 2.58 bits per heavy atom. The van der Waals surface area contributed by atoms with E-state index in [1.165, 1.54) is 24.9 Å². The third kappa shape index (κ3) is 5.17. The smallest absolute Gasteiger partial charge is 0.197 e. The zero-order chi connectivity index (χ0) is 21.5. The first kappa shape index (κ1) is 22.0. The number of likely N-dealkylation sites (tertiary alicyclic amines) is 1. The number of nitrogens with one attached hydrogen (secondary N) is 1. The molecular formula is C23H32FN5O2. The van der Waals surface area contributed by atoms with Gasteiger partial charge in [0, 0.05) is 30.6 Å². The molecule has 8 heteroatoms. The van der Waals surface area contributed by atoms with Crippen molar-refractivity contribution in [2.45, 2.75) is 50.4 Å². The molecule has 168 valence electrons. The number of hydrazone groups is 1. The van der Waals surface area contributed by atoms with Gasteiger partial charge >= 0.3 is 0 Å². The second-order valence-corrected chi connectivity index (χ2v) is 8.59. The highest BCUT2D eigenvalue weighted by Crippen LogP contribution is 2.43. The molecular weight excluding hydrogens is 397 g/mol. The molecule has 3 aliphatic heterocycles. The molecule has 3 heterocycles. The second kappa shape index (κ2) is 10.4. The summed E-state index contributed by atoms with van der Waals surface area (Å²) in [6.07, 6.45) is 9.96. The number of rotatable bonds is 7. The van der Waals surface area contributed by atoms with Gasteiger partial charge in [0.2, 0.25) is 0 Å². The van der Waals surface area contributed by atoms with E-state index in [0.717, 1.165) is 63.8 Å². The van der Waals surface area contributed by atoms with Crippen LogP contribution >= 0.6 is 0 Å². The number of ether oxygens (including phenoxy) is 2. The molecule has 1 aromatic carbocycles. The molecule has 0 saturated carbocycles. The lowest BCUT2D eigenvalue weighted by molar-refractivity contribution is -0.214. The van der Waals surface area contributed by atoms with Crippen molar-refractivity contribution >= 4 is 6.34 Å². The number of hydrogen-bond donors (Lipinski definition) is 1. The van der Waals surface area contributed by atoms with E-state index < -0.39 is 5.79 Å². The number of benzene rings is 1. The van der Waals surface area contributed by atoms with Gasteiger partial charge in [-0.25, -0.2) is 4.39 Å². The van der Waals surface area contributed by atoms with Crippen molar-refractivity contribution in [3.05, 3.63) is 35.6 Å². The van der Waals surface area contributed by atoms with E-state index in [4.69, 9.17) is 14.7 Å². The first-order valence-electron chi connectivity index (χ1n) is 11.4. The molecule has 3 aliphatic rings. The first-order valence-corrected chi connectivity index (χ1v) is 11.4. The van der Waals surface area contributed by atoms with Crippen LogP contribution < -0.4 is 5.32 Å². The van der Waals surface area contributed by atoms with Crippen molar-refractivity contribution in [2.24, 2.45) is 11.0 Å². The Morgan fingerprint density at radius 2 is 1.87 bits per heavy atom. The Kier molecular flexibility index (Phi) is 7.38. The fraction of sp³-hybridized carbons (Fsp3) is 0.652. The quantitative estimate of drug-likeness (QED) is 0.311. The second-order valence-electron chi connectivity index (χ2n) is 8.59. The summed E-state index contributed by atoms with van der Waals surface area (Å²) in [4.78, 5) is 2.52. The molecule has 7 nitrogen and oxygen atoms in total. The number of nitriles is 1. The van der Waals surface area contributed by atoms with Crippen LogP contribution in [0.2, 0.25) is 0 Å². The Morgan fingerprint density at radius 1 is 1.13 bits per heavy atom. The van der Waals surface area contributed by atoms with Crippen LogP contribution in [0.3, 0.4) is 0 Å². The van der Waals surface area contributed by atoms with E-state index in [9.17, 15) is 4.39 Å². The highest BCUT2D eigenvalue weighted by molar-refractivity contribution is 5.55. The number of piperidine rings is 2. The van der Waals surface area contributed by atoms with E-state index in [2.05, 4.69) is 20.3 Å². The molecule has 0 aliphatic carbocycles. The Labute approximate surface area is 183 Å². The Balaban J connectivity index is 1.31. The summed E-state index contributed by atoms with van der Waals surface area (Å²) in [7, 11) is 0. The number of nitrogens with zero attached hydrogens (tertiary/aromatic N) is 4. The van der Waals surface area contributed by atoms with E-state index >= 15 is 0 Å². The largest absolute Gasteiger partial charge is 0.343 e. The lowest BCUT2D eigenvalue weighted by Crippen LogP contribution is -2.45. The molecule has 0 amide bonds.